The Bertz CT molecular complexity index is 996. The minimum absolute atomic E-state index is 0.0270. The Labute approximate surface area is 193 Å². The lowest BCUT2D eigenvalue weighted by atomic mass is 9.85. The Hall–Kier alpha value is -2.19. The molecule has 4 rings (SSSR count). The zero-order chi connectivity index (χ0) is 21.8. The summed E-state index contributed by atoms with van der Waals surface area (Å²) < 4.78 is 0. The van der Waals surface area contributed by atoms with Crippen LogP contribution in [0.4, 0.5) is 5.69 Å². The zero-order valence-corrected chi connectivity index (χ0v) is 18.9. The topological polar surface area (TPSA) is 43.8 Å². The molecule has 2 fully saturated rings. The molecule has 2 aromatic rings. The fourth-order valence-corrected chi connectivity index (χ4v) is 4.47. The van der Waals surface area contributed by atoms with Gasteiger partial charge in [0, 0.05) is 43.0 Å². The van der Waals surface area contributed by atoms with Crippen LogP contribution in [0.3, 0.4) is 0 Å². The summed E-state index contributed by atoms with van der Waals surface area (Å²) in [5.41, 5.74) is 1.63. The van der Waals surface area contributed by atoms with Crippen molar-refractivity contribution in [1.82, 2.24) is 4.90 Å². The molecule has 31 heavy (non-hydrogen) atoms. The lowest BCUT2D eigenvalue weighted by molar-refractivity contribution is 0.0610. The van der Waals surface area contributed by atoms with E-state index < -0.39 is 5.60 Å². The van der Waals surface area contributed by atoms with Gasteiger partial charge in [-0.2, -0.15) is 0 Å². The first kappa shape index (κ1) is 22.0. The molecule has 1 amide bonds. The van der Waals surface area contributed by atoms with Crippen molar-refractivity contribution in [1.29, 1.82) is 0 Å². The Balaban J connectivity index is 1.35. The van der Waals surface area contributed by atoms with Gasteiger partial charge in [0.25, 0.3) is 5.91 Å². The standard InChI is InChI=1S/C25H26Cl2N2O2/c26-22-9-8-21(18-23(22)27)28-14-16-29(17-15-28)24(30)20-6-4-19(5-7-20)10-13-25(31)11-2-1-3-12-25/h4-9,18,31H,1-3,11-12,14-17H2. The highest BCUT2D eigenvalue weighted by molar-refractivity contribution is 6.42. The van der Waals surface area contributed by atoms with Crippen molar-refractivity contribution in [3.05, 3.63) is 63.6 Å². The average molecular weight is 457 g/mol. The molecule has 0 spiro atoms. The summed E-state index contributed by atoms with van der Waals surface area (Å²) in [5.74, 6) is 6.15. The number of carbonyl (C=O) groups excluding carboxylic acids is 1. The van der Waals surface area contributed by atoms with Crippen LogP contribution in [0, 0.1) is 11.8 Å². The van der Waals surface area contributed by atoms with Crippen molar-refractivity contribution < 1.29 is 9.90 Å². The van der Waals surface area contributed by atoms with Crippen LogP contribution in [0.2, 0.25) is 10.0 Å². The monoisotopic (exact) mass is 456 g/mol. The molecule has 2 aromatic carbocycles. The van der Waals surface area contributed by atoms with Gasteiger partial charge in [0.15, 0.2) is 0 Å². The van der Waals surface area contributed by atoms with E-state index in [1.54, 1.807) is 6.07 Å². The van der Waals surface area contributed by atoms with Crippen LogP contribution in [0.5, 0.6) is 0 Å². The van der Waals surface area contributed by atoms with Gasteiger partial charge in [0.1, 0.15) is 5.60 Å². The molecule has 0 atom stereocenters. The smallest absolute Gasteiger partial charge is 0.253 e. The minimum Gasteiger partial charge on any atom is -0.378 e. The molecule has 4 nitrogen and oxygen atoms in total. The summed E-state index contributed by atoms with van der Waals surface area (Å²) in [5, 5.41) is 11.6. The quantitative estimate of drug-likeness (QED) is 0.646. The number of amides is 1. The molecular formula is C25H26Cl2N2O2. The molecule has 0 radical (unpaired) electrons. The van der Waals surface area contributed by atoms with E-state index in [1.807, 2.05) is 41.3 Å². The maximum Gasteiger partial charge on any atom is 0.253 e. The molecule has 1 aliphatic heterocycles. The van der Waals surface area contributed by atoms with E-state index in [4.69, 9.17) is 23.2 Å². The Morgan fingerprint density at radius 3 is 2.23 bits per heavy atom. The lowest BCUT2D eigenvalue weighted by Crippen LogP contribution is -2.48. The molecule has 6 heteroatoms. The summed E-state index contributed by atoms with van der Waals surface area (Å²) in [6.07, 6.45) is 4.70. The Kier molecular flexibility index (Phi) is 6.77. The van der Waals surface area contributed by atoms with Gasteiger partial charge >= 0.3 is 0 Å². The van der Waals surface area contributed by atoms with Crippen LogP contribution in [-0.4, -0.2) is 47.7 Å². The number of anilines is 1. The molecule has 1 aliphatic carbocycles. The number of hydrogen-bond donors (Lipinski definition) is 1. The fourth-order valence-electron chi connectivity index (χ4n) is 4.18. The van der Waals surface area contributed by atoms with E-state index in [-0.39, 0.29) is 5.91 Å². The Morgan fingerprint density at radius 2 is 1.58 bits per heavy atom. The predicted octanol–water partition coefficient (Wildman–Crippen LogP) is 5.00. The molecular weight excluding hydrogens is 431 g/mol. The number of nitrogens with zero attached hydrogens (tertiary/aromatic N) is 2. The van der Waals surface area contributed by atoms with E-state index in [9.17, 15) is 9.90 Å². The van der Waals surface area contributed by atoms with E-state index in [0.717, 1.165) is 50.0 Å². The molecule has 1 saturated heterocycles. The van der Waals surface area contributed by atoms with Crippen molar-refractivity contribution in [2.75, 3.05) is 31.1 Å². The number of halogens is 2. The van der Waals surface area contributed by atoms with E-state index in [2.05, 4.69) is 16.7 Å². The maximum atomic E-state index is 12.9. The molecule has 162 valence electrons. The first-order valence-corrected chi connectivity index (χ1v) is 11.5. The van der Waals surface area contributed by atoms with Crippen LogP contribution in [0.25, 0.3) is 0 Å². The van der Waals surface area contributed by atoms with Gasteiger partial charge in [0.05, 0.1) is 10.0 Å². The maximum absolute atomic E-state index is 12.9. The first-order valence-electron chi connectivity index (χ1n) is 10.8. The van der Waals surface area contributed by atoms with Crippen LogP contribution >= 0.6 is 23.2 Å². The highest BCUT2D eigenvalue weighted by Crippen LogP contribution is 2.28. The van der Waals surface area contributed by atoms with Crippen LogP contribution in [0.1, 0.15) is 48.0 Å². The zero-order valence-electron chi connectivity index (χ0n) is 17.4. The number of hydrogen-bond acceptors (Lipinski definition) is 3. The lowest BCUT2D eigenvalue weighted by Gasteiger charge is -2.36. The summed E-state index contributed by atoms with van der Waals surface area (Å²) in [6.45, 7) is 2.78. The molecule has 2 aliphatic rings. The summed E-state index contributed by atoms with van der Waals surface area (Å²) in [7, 11) is 0. The summed E-state index contributed by atoms with van der Waals surface area (Å²) in [4.78, 5) is 17.0. The van der Waals surface area contributed by atoms with Gasteiger partial charge in [-0.25, -0.2) is 0 Å². The van der Waals surface area contributed by atoms with Crippen LogP contribution in [0.15, 0.2) is 42.5 Å². The second-order valence-electron chi connectivity index (χ2n) is 8.30. The number of piperazine rings is 1. The molecule has 1 saturated carbocycles. The van der Waals surface area contributed by atoms with Crippen molar-refractivity contribution in [3.8, 4) is 11.8 Å². The van der Waals surface area contributed by atoms with Crippen LogP contribution in [-0.2, 0) is 0 Å². The normalized spacial score (nSPS) is 18.3. The third-order valence-corrected chi connectivity index (χ3v) is 6.83. The first-order chi connectivity index (χ1) is 14.9. The number of benzene rings is 2. The third kappa shape index (κ3) is 5.36. The van der Waals surface area contributed by atoms with Crippen molar-refractivity contribution in [2.45, 2.75) is 37.7 Å². The van der Waals surface area contributed by atoms with Gasteiger partial charge in [0.2, 0.25) is 0 Å². The number of rotatable bonds is 2. The molecule has 0 unspecified atom stereocenters. The average Bonchev–Trinajstić information content (AvgIpc) is 2.80. The summed E-state index contributed by atoms with van der Waals surface area (Å²) in [6, 6.07) is 13.0. The van der Waals surface area contributed by atoms with E-state index in [0.29, 0.717) is 28.7 Å². The minimum atomic E-state index is -0.860. The second kappa shape index (κ2) is 9.53. The van der Waals surface area contributed by atoms with E-state index >= 15 is 0 Å². The van der Waals surface area contributed by atoms with Crippen molar-refractivity contribution >= 4 is 34.8 Å². The van der Waals surface area contributed by atoms with Gasteiger partial charge < -0.3 is 14.9 Å². The highest BCUT2D eigenvalue weighted by atomic mass is 35.5. The van der Waals surface area contributed by atoms with Crippen LogP contribution < -0.4 is 4.90 Å². The van der Waals surface area contributed by atoms with Gasteiger partial charge in [-0.3, -0.25) is 4.79 Å². The van der Waals surface area contributed by atoms with Gasteiger partial charge in [-0.15, -0.1) is 0 Å². The second-order valence-corrected chi connectivity index (χ2v) is 9.11. The highest BCUT2D eigenvalue weighted by Gasteiger charge is 2.26. The summed E-state index contributed by atoms with van der Waals surface area (Å²) >= 11 is 12.1. The van der Waals surface area contributed by atoms with Gasteiger partial charge in [-0.05, 0) is 68.1 Å². The largest absolute Gasteiger partial charge is 0.378 e. The molecule has 0 aromatic heterocycles. The Morgan fingerprint density at radius 1 is 0.903 bits per heavy atom. The van der Waals surface area contributed by atoms with Crippen molar-refractivity contribution in [3.63, 3.8) is 0 Å². The number of aliphatic hydroxyl groups is 1. The predicted molar refractivity (Wildman–Crippen MR) is 126 cm³/mol. The molecule has 1 heterocycles. The van der Waals surface area contributed by atoms with Crippen molar-refractivity contribution in [2.24, 2.45) is 0 Å². The van der Waals surface area contributed by atoms with E-state index in [1.165, 1.54) is 6.42 Å². The fraction of sp³-hybridized carbons (Fsp3) is 0.400. The third-order valence-electron chi connectivity index (χ3n) is 6.09. The van der Waals surface area contributed by atoms with Gasteiger partial charge in [-0.1, -0.05) is 41.5 Å². The molecule has 1 N–H and O–H groups in total. The SMILES string of the molecule is O=C(c1ccc(C#CC2(O)CCCCC2)cc1)N1CCN(c2ccc(Cl)c(Cl)c2)CC1. The number of carbonyl (C=O) groups is 1. The molecule has 0 bridgehead atoms.